The van der Waals surface area contributed by atoms with E-state index in [1.165, 1.54) is 5.06 Å². The Hall–Kier alpha value is -0.650. The van der Waals surface area contributed by atoms with Gasteiger partial charge in [-0.1, -0.05) is 0 Å². The molecule has 0 radical (unpaired) electrons. The first-order valence-electron chi connectivity index (χ1n) is 5.93. The summed E-state index contributed by atoms with van der Waals surface area (Å²) in [4.78, 5) is 13.6. The molecule has 1 aliphatic heterocycles. The number of nitrogens with zero attached hydrogens (tertiary/aromatic N) is 2. The quantitative estimate of drug-likeness (QED) is 0.705. The predicted octanol–water partition coefficient (Wildman–Crippen LogP) is 0.156. The fourth-order valence-corrected chi connectivity index (χ4v) is 1.96. The van der Waals surface area contributed by atoms with Crippen molar-refractivity contribution in [1.82, 2.24) is 15.3 Å². The van der Waals surface area contributed by atoms with Gasteiger partial charge in [-0.05, 0) is 32.9 Å². The Bertz CT molecular complexity index is 221. The Balaban J connectivity index is 2.13. The number of nitrogens with one attached hydrogen (secondary N) is 1. The van der Waals surface area contributed by atoms with Crippen LogP contribution >= 0.6 is 0 Å². The molecule has 5 nitrogen and oxygen atoms in total. The smallest absolute Gasteiger partial charge is 0.220 e. The maximum atomic E-state index is 11.6. The molecular formula is C11H23N3O2. The first-order chi connectivity index (χ1) is 7.58. The van der Waals surface area contributed by atoms with Crippen molar-refractivity contribution in [3.05, 3.63) is 0 Å². The van der Waals surface area contributed by atoms with Gasteiger partial charge in [0.25, 0.3) is 0 Å². The summed E-state index contributed by atoms with van der Waals surface area (Å²) in [5.74, 6) is 0.403. The van der Waals surface area contributed by atoms with Crippen LogP contribution in [0.3, 0.4) is 0 Å². The van der Waals surface area contributed by atoms with Gasteiger partial charge in [-0.25, -0.2) is 0 Å². The van der Waals surface area contributed by atoms with E-state index in [1.54, 1.807) is 0 Å². The van der Waals surface area contributed by atoms with Gasteiger partial charge in [0.1, 0.15) is 0 Å². The van der Waals surface area contributed by atoms with E-state index in [0.29, 0.717) is 25.4 Å². The number of rotatable bonds is 5. The molecule has 0 aromatic heterocycles. The summed E-state index contributed by atoms with van der Waals surface area (Å²) in [5, 5.41) is 13.6. The van der Waals surface area contributed by atoms with E-state index in [-0.39, 0.29) is 5.91 Å². The molecule has 1 amide bonds. The summed E-state index contributed by atoms with van der Waals surface area (Å²) in [7, 11) is 3.97. The van der Waals surface area contributed by atoms with Crippen LogP contribution in [0.1, 0.15) is 19.3 Å². The van der Waals surface area contributed by atoms with Gasteiger partial charge in [0.05, 0.1) is 0 Å². The molecule has 1 heterocycles. The van der Waals surface area contributed by atoms with E-state index in [4.69, 9.17) is 0 Å². The Morgan fingerprint density at radius 1 is 1.56 bits per heavy atom. The Labute approximate surface area is 97.4 Å². The monoisotopic (exact) mass is 229 g/mol. The zero-order valence-corrected chi connectivity index (χ0v) is 10.3. The van der Waals surface area contributed by atoms with Crippen LogP contribution in [0.5, 0.6) is 0 Å². The van der Waals surface area contributed by atoms with Gasteiger partial charge < -0.3 is 15.4 Å². The largest absolute Gasteiger partial charge is 0.355 e. The summed E-state index contributed by atoms with van der Waals surface area (Å²) in [6.45, 7) is 2.92. The maximum Gasteiger partial charge on any atom is 0.220 e. The molecular weight excluding hydrogens is 206 g/mol. The number of piperidine rings is 1. The molecule has 0 aromatic rings. The number of likely N-dealkylation sites (N-methyl/N-ethyl adjacent to an activating group) is 1. The van der Waals surface area contributed by atoms with Crippen molar-refractivity contribution in [2.75, 3.05) is 40.3 Å². The first kappa shape index (κ1) is 13.4. The standard InChI is InChI=1S/C11H23N3O2/c1-13(2)7-5-12-11(15)8-10-4-3-6-14(16)9-10/h10,16H,3-9H2,1-2H3,(H,12,15). The van der Waals surface area contributed by atoms with Crippen LogP contribution in [0.2, 0.25) is 0 Å². The fourth-order valence-electron chi connectivity index (χ4n) is 1.96. The van der Waals surface area contributed by atoms with Gasteiger partial charge in [-0.2, -0.15) is 5.06 Å². The molecule has 94 valence electrons. The van der Waals surface area contributed by atoms with Crippen molar-refractivity contribution in [3.63, 3.8) is 0 Å². The average Bonchev–Trinajstić information content (AvgIpc) is 2.16. The lowest BCUT2D eigenvalue weighted by Gasteiger charge is -2.27. The zero-order valence-electron chi connectivity index (χ0n) is 10.3. The highest BCUT2D eigenvalue weighted by molar-refractivity contribution is 5.76. The molecule has 0 aromatic carbocycles. The van der Waals surface area contributed by atoms with E-state index < -0.39 is 0 Å². The second-order valence-corrected chi connectivity index (χ2v) is 4.78. The third kappa shape index (κ3) is 5.44. The van der Waals surface area contributed by atoms with Crippen LogP contribution in [0.4, 0.5) is 0 Å². The SMILES string of the molecule is CN(C)CCNC(=O)CC1CCCN(O)C1. The van der Waals surface area contributed by atoms with E-state index in [1.807, 2.05) is 19.0 Å². The van der Waals surface area contributed by atoms with Crippen molar-refractivity contribution < 1.29 is 10.0 Å². The van der Waals surface area contributed by atoms with Crippen molar-refractivity contribution in [2.45, 2.75) is 19.3 Å². The van der Waals surface area contributed by atoms with Crippen LogP contribution in [0.25, 0.3) is 0 Å². The first-order valence-corrected chi connectivity index (χ1v) is 5.93. The van der Waals surface area contributed by atoms with Crippen LogP contribution in [0, 0.1) is 5.92 Å². The third-order valence-corrected chi connectivity index (χ3v) is 2.85. The minimum atomic E-state index is 0.0992. The van der Waals surface area contributed by atoms with E-state index in [0.717, 1.165) is 25.9 Å². The molecule has 1 unspecified atom stereocenters. The van der Waals surface area contributed by atoms with E-state index >= 15 is 0 Å². The van der Waals surface area contributed by atoms with Gasteiger partial charge in [-0.3, -0.25) is 4.79 Å². The van der Waals surface area contributed by atoms with E-state index in [2.05, 4.69) is 5.32 Å². The minimum Gasteiger partial charge on any atom is -0.355 e. The Kier molecular flexibility index (Phi) is 5.73. The molecule has 2 N–H and O–H groups in total. The zero-order chi connectivity index (χ0) is 12.0. The summed E-state index contributed by atoms with van der Waals surface area (Å²) in [6.07, 6.45) is 2.55. The molecule has 0 spiro atoms. The van der Waals surface area contributed by atoms with Crippen LogP contribution in [-0.2, 0) is 4.79 Å². The second-order valence-electron chi connectivity index (χ2n) is 4.78. The van der Waals surface area contributed by atoms with Crippen LogP contribution in [-0.4, -0.2) is 61.4 Å². The molecule has 1 aliphatic rings. The number of hydroxylamine groups is 2. The summed E-state index contributed by atoms with van der Waals surface area (Å²) >= 11 is 0. The molecule has 0 saturated carbocycles. The second kappa shape index (κ2) is 6.83. The highest BCUT2D eigenvalue weighted by atomic mass is 16.5. The fraction of sp³-hybridized carbons (Fsp3) is 0.909. The number of hydrogen-bond donors (Lipinski definition) is 2. The van der Waals surface area contributed by atoms with Crippen LogP contribution in [0.15, 0.2) is 0 Å². The number of carbonyl (C=O) groups excluding carboxylic acids is 1. The van der Waals surface area contributed by atoms with Crippen molar-refractivity contribution in [2.24, 2.45) is 5.92 Å². The molecule has 1 fully saturated rings. The minimum absolute atomic E-state index is 0.0992. The summed E-state index contributed by atoms with van der Waals surface area (Å²) in [6, 6.07) is 0. The van der Waals surface area contributed by atoms with Gasteiger partial charge in [0, 0.05) is 32.6 Å². The number of carbonyl (C=O) groups is 1. The molecule has 5 heteroatoms. The Morgan fingerprint density at radius 2 is 2.31 bits per heavy atom. The van der Waals surface area contributed by atoms with Crippen molar-refractivity contribution >= 4 is 5.91 Å². The highest BCUT2D eigenvalue weighted by Crippen LogP contribution is 2.17. The normalized spacial score (nSPS) is 22.4. The van der Waals surface area contributed by atoms with Gasteiger partial charge in [0.2, 0.25) is 5.91 Å². The molecule has 1 atom stereocenters. The third-order valence-electron chi connectivity index (χ3n) is 2.85. The molecule has 1 saturated heterocycles. The molecule has 1 rings (SSSR count). The molecule has 0 bridgehead atoms. The lowest BCUT2D eigenvalue weighted by Crippen LogP contribution is -2.37. The van der Waals surface area contributed by atoms with Gasteiger partial charge >= 0.3 is 0 Å². The Morgan fingerprint density at radius 3 is 2.94 bits per heavy atom. The maximum absolute atomic E-state index is 11.6. The van der Waals surface area contributed by atoms with Crippen molar-refractivity contribution in [3.8, 4) is 0 Å². The van der Waals surface area contributed by atoms with Gasteiger partial charge in [0.15, 0.2) is 0 Å². The summed E-state index contributed by atoms with van der Waals surface area (Å²) < 4.78 is 0. The number of hydrogen-bond acceptors (Lipinski definition) is 4. The topological polar surface area (TPSA) is 55.8 Å². The summed E-state index contributed by atoms with van der Waals surface area (Å²) in [5.41, 5.74) is 0. The van der Waals surface area contributed by atoms with E-state index in [9.17, 15) is 10.0 Å². The molecule has 16 heavy (non-hydrogen) atoms. The average molecular weight is 229 g/mol. The van der Waals surface area contributed by atoms with Gasteiger partial charge in [-0.15, -0.1) is 0 Å². The predicted molar refractivity (Wildman–Crippen MR) is 62.3 cm³/mol. The lowest BCUT2D eigenvalue weighted by atomic mass is 9.95. The lowest BCUT2D eigenvalue weighted by molar-refractivity contribution is -0.130. The molecule has 0 aliphatic carbocycles. The number of amides is 1. The van der Waals surface area contributed by atoms with Crippen molar-refractivity contribution in [1.29, 1.82) is 0 Å². The highest BCUT2D eigenvalue weighted by Gasteiger charge is 2.20. The van der Waals surface area contributed by atoms with Crippen LogP contribution < -0.4 is 5.32 Å².